The molecule has 12 aromatic rings. The molecule has 0 N–H and O–H groups in total. The predicted molar refractivity (Wildman–Crippen MR) is 212 cm³/mol. The van der Waals surface area contributed by atoms with Crippen LogP contribution in [0.2, 0.25) is 0 Å². The molecule has 5 aromatic heterocycles. The SMILES string of the molecule is c1ccc2c(c1)oc1ccc(-c3nc(-n4c5ccccc5c5c6c7ccccc7sc6c6ccccc6c54)nc4sc5ccccc5c34)cc12. The number of benzene rings is 7. The summed E-state index contributed by atoms with van der Waals surface area (Å²) in [6.45, 7) is 0. The monoisotopic (exact) mass is 673 g/mol. The Morgan fingerprint density at radius 2 is 1.12 bits per heavy atom. The van der Waals surface area contributed by atoms with Gasteiger partial charge in [0.15, 0.2) is 0 Å². The Bertz CT molecular complexity index is 3400. The summed E-state index contributed by atoms with van der Waals surface area (Å²) in [7, 11) is 0. The lowest BCUT2D eigenvalue weighted by Gasteiger charge is -2.12. The number of fused-ring (bicyclic) bond motifs is 16. The van der Waals surface area contributed by atoms with Gasteiger partial charge in [-0.3, -0.25) is 4.57 Å². The first kappa shape index (κ1) is 26.8. The third kappa shape index (κ3) is 3.49. The molecule has 12 rings (SSSR count). The van der Waals surface area contributed by atoms with E-state index in [0.717, 1.165) is 54.4 Å². The van der Waals surface area contributed by atoms with Crippen LogP contribution in [0.25, 0.3) is 112 Å². The molecule has 0 spiro atoms. The zero-order chi connectivity index (χ0) is 32.5. The van der Waals surface area contributed by atoms with Crippen molar-refractivity contribution in [3.63, 3.8) is 0 Å². The maximum atomic E-state index is 6.23. The molecule has 4 nitrogen and oxygen atoms in total. The number of thiophene rings is 2. The fraction of sp³-hybridized carbons (Fsp3) is 0. The minimum atomic E-state index is 0.673. The van der Waals surface area contributed by atoms with Crippen LogP contribution in [0, 0.1) is 0 Å². The van der Waals surface area contributed by atoms with Gasteiger partial charge in [0.1, 0.15) is 16.0 Å². The van der Waals surface area contributed by atoms with Crippen LogP contribution >= 0.6 is 22.7 Å². The van der Waals surface area contributed by atoms with Crippen LogP contribution < -0.4 is 0 Å². The summed E-state index contributed by atoms with van der Waals surface area (Å²) in [5.41, 5.74) is 5.96. The molecule has 0 saturated carbocycles. The van der Waals surface area contributed by atoms with Gasteiger partial charge < -0.3 is 4.42 Å². The van der Waals surface area contributed by atoms with Crippen molar-refractivity contribution in [1.82, 2.24) is 14.5 Å². The number of hydrogen-bond acceptors (Lipinski definition) is 5. The summed E-state index contributed by atoms with van der Waals surface area (Å²) < 4.78 is 12.4. The van der Waals surface area contributed by atoms with Gasteiger partial charge in [-0.2, -0.15) is 0 Å². The van der Waals surface area contributed by atoms with Gasteiger partial charge in [-0.15, -0.1) is 22.7 Å². The number of hydrogen-bond donors (Lipinski definition) is 0. The van der Waals surface area contributed by atoms with Crippen LogP contribution in [0.15, 0.2) is 144 Å². The molecule has 0 aliphatic heterocycles. The summed E-state index contributed by atoms with van der Waals surface area (Å²) in [4.78, 5) is 12.0. The Morgan fingerprint density at radius 3 is 1.96 bits per heavy atom. The van der Waals surface area contributed by atoms with E-state index in [9.17, 15) is 0 Å². The largest absolute Gasteiger partial charge is 0.456 e. The molecular formula is C44H23N3OS2. The third-order valence-electron chi connectivity index (χ3n) is 10.2. The van der Waals surface area contributed by atoms with Crippen molar-refractivity contribution >= 4 is 118 Å². The molecule has 5 heterocycles. The maximum absolute atomic E-state index is 6.23. The van der Waals surface area contributed by atoms with Gasteiger partial charge in [0.25, 0.3) is 0 Å². The van der Waals surface area contributed by atoms with Gasteiger partial charge in [-0.05, 0) is 42.5 Å². The molecule has 0 aliphatic rings. The lowest BCUT2D eigenvalue weighted by molar-refractivity contribution is 0.669. The lowest BCUT2D eigenvalue weighted by atomic mass is 10.00. The summed E-state index contributed by atoms with van der Waals surface area (Å²) in [5.74, 6) is 0.673. The zero-order valence-corrected chi connectivity index (χ0v) is 28.0. The lowest BCUT2D eigenvalue weighted by Crippen LogP contribution is -2.03. The highest BCUT2D eigenvalue weighted by Crippen LogP contribution is 2.48. The minimum Gasteiger partial charge on any atom is -0.456 e. The molecular weight excluding hydrogens is 651 g/mol. The molecule has 0 unspecified atom stereocenters. The predicted octanol–water partition coefficient (Wildman–Crippen LogP) is 13.0. The second kappa shape index (κ2) is 9.76. The maximum Gasteiger partial charge on any atom is 0.236 e. The Labute approximate surface area is 292 Å². The van der Waals surface area contributed by atoms with Crippen LogP contribution in [0.1, 0.15) is 0 Å². The van der Waals surface area contributed by atoms with E-state index in [2.05, 4.69) is 132 Å². The molecule has 6 heteroatoms. The van der Waals surface area contributed by atoms with Crippen LogP contribution in [-0.2, 0) is 0 Å². The molecule has 0 amide bonds. The number of para-hydroxylation sites is 2. The van der Waals surface area contributed by atoms with Crippen molar-refractivity contribution in [1.29, 1.82) is 0 Å². The molecule has 7 aromatic carbocycles. The zero-order valence-electron chi connectivity index (χ0n) is 26.3. The van der Waals surface area contributed by atoms with Crippen LogP contribution in [0.5, 0.6) is 0 Å². The minimum absolute atomic E-state index is 0.673. The van der Waals surface area contributed by atoms with Crippen molar-refractivity contribution in [2.75, 3.05) is 0 Å². The topological polar surface area (TPSA) is 43.9 Å². The molecule has 0 bridgehead atoms. The quantitative estimate of drug-likeness (QED) is 0.183. The van der Waals surface area contributed by atoms with E-state index < -0.39 is 0 Å². The summed E-state index contributed by atoms with van der Waals surface area (Å²) in [5, 5.41) is 11.9. The summed E-state index contributed by atoms with van der Waals surface area (Å²) >= 11 is 3.61. The first-order chi connectivity index (χ1) is 24.8. The standard InChI is InChI=1S/C44H23N3OS2/c1-2-13-27-26(12-1)41-37(38-29-15-5-9-19-35(29)49-42(27)38)28-14-3-7-17-32(28)47(41)44-45-40(39-30-16-6-10-20-36(30)50-43(39)46-44)24-21-22-34-31(23-24)25-11-4-8-18-33(25)48-34/h1-23H. The molecule has 232 valence electrons. The Hall–Kier alpha value is -6.08. The highest BCUT2D eigenvalue weighted by Gasteiger charge is 2.24. The number of nitrogens with zero attached hydrogens (tertiary/aromatic N) is 3. The van der Waals surface area contributed by atoms with Gasteiger partial charge >= 0.3 is 0 Å². The molecule has 0 radical (unpaired) electrons. The van der Waals surface area contributed by atoms with E-state index in [1.807, 2.05) is 23.5 Å². The Balaban J connectivity index is 1.27. The number of rotatable bonds is 2. The van der Waals surface area contributed by atoms with Crippen LogP contribution in [0.4, 0.5) is 0 Å². The molecule has 0 aliphatic carbocycles. The van der Waals surface area contributed by atoms with E-state index in [4.69, 9.17) is 14.4 Å². The average molecular weight is 674 g/mol. The van der Waals surface area contributed by atoms with E-state index >= 15 is 0 Å². The summed E-state index contributed by atoms with van der Waals surface area (Å²) in [6.07, 6.45) is 0. The smallest absolute Gasteiger partial charge is 0.236 e. The third-order valence-corrected chi connectivity index (χ3v) is 12.5. The number of aromatic nitrogens is 3. The average Bonchev–Trinajstić information content (AvgIpc) is 3.93. The molecule has 0 fully saturated rings. The van der Waals surface area contributed by atoms with Crippen LogP contribution in [0.3, 0.4) is 0 Å². The van der Waals surface area contributed by atoms with Crippen LogP contribution in [-0.4, -0.2) is 14.5 Å². The molecule has 0 saturated heterocycles. The second-order valence-electron chi connectivity index (χ2n) is 12.9. The van der Waals surface area contributed by atoms with Gasteiger partial charge in [0, 0.05) is 73.5 Å². The molecule has 0 atom stereocenters. The highest BCUT2D eigenvalue weighted by atomic mass is 32.1. The highest BCUT2D eigenvalue weighted by molar-refractivity contribution is 7.27. The fourth-order valence-electron chi connectivity index (χ4n) is 8.12. The van der Waals surface area contributed by atoms with Crippen molar-refractivity contribution in [3.05, 3.63) is 140 Å². The number of furan rings is 1. The summed E-state index contributed by atoms with van der Waals surface area (Å²) in [6, 6.07) is 49.7. The van der Waals surface area contributed by atoms with Gasteiger partial charge in [0.05, 0.1) is 16.7 Å². The molecule has 50 heavy (non-hydrogen) atoms. The van der Waals surface area contributed by atoms with Gasteiger partial charge in [0.2, 0.25) is 5.95 Å². The van der Waals surface area contributed by atoms with Gasteiger partial charge in [-0.25, -0.2) is 9.97 Å². The first-order valence-electron chi connectivity index (χ1n) is 16.7. The van der Waals surface area contributed by atoms with E-state index in [0.29, 0.717) is 5.95 Å². The van der Waals surface area contributed by atoms with Crippen molar-refractivity contribution < 1.29 is 4.42 Å². The van der Waals surface area contributed by atoms with Crippen molar-refractivity contribution in [2.24, 2.45) is 0 Å². The van der Waals surface area contributed by atoms with E-state index in [1.54, 1.807) is 11.3 Å². The first-order valence-corrected chi connectivity index (χ1v) is 18.3. The van der Waals surface area contributed by atoms with E-state index in [-0.39, 0.29) is 0 Å². The fourth-order valence-corrected chi connectivity index (χ4v) is 10.4. The second-order valence-corrected chi connectivity index (χ2v) is 15.0. The van der Waals surface area contributed by atoms with E-state index in [1.165, 1.54) is 51.8 Å². The normalized spacial score (nSPS) is 12.4. The Morgan fingerprint density at radius 1 is 0.480 bits per heavy atom. The van der Waals surface area contributed by atoms with Crippen molar-refractivity contribution in [3.8, 4) is 17.2 Å². The van der Waals surface area contributed by atoms with Gasteiger partial charge in [-0.1, -0.05) is 97.1 Å². The van der Waals surface area contributed by atoms with Crippen molar-refractivity contribution in [2.45, 2.75) is 0 Å². The Kier molecular flexibility index (Phi) is 5.23.